The first-order valence-electron chi connectivity index (χ1n) is 7.26. The topological polar surface area (TPSA) is 12.0 Å². The molecular weight excluding hydrogens is 290 g/mol. The Bertz CT molecular complexity index is 377. The zero-order valence-corrected chi connectivity index (χ0v) is 14.6. The molecule has 1 aromatic heterocycles. The molecule has 1 fully saturated rings. The Kier molecular flexibility index (Phi) is 6.60. The number of thioether (sulfide) groups is 2. The minimum atomic E-state index is 0.617. The standard InChI is InChI=1S/C15H25NS3/c1-4-11-6-7-12(19-11)10-13(16-3)15-14(5-2)17-8-9-18-15/h6-7,13-16H,4-5,8-10H2,1-3H3. The van der Waals surface area contributed by atoms with Gasteiger partial charge in [-0.15, -0.1) is 11.3 Å². The second kappa shape index (κ2) is 7.96. The van der Waals surface area contributed by atoms with Crippen molar-refractivity contribution in [2.75, 3.05) is 18.6 Å². The molecule has 0 bridgehead atoms. The summed E-state index contributed by atoms with van der Waals surface area (Å²) in [6.07, 6.45) is 3.65. The average Bonchev–Trinajstić information content (AvgIpc) is 2.92. The van der Waals surface area contributed by atoms with Crippen molar-refractivity contribution in [2.45, 2.75) is 49.7 Å². The van der Waals surface area contributed by atoms with E-state index in [4.69, 9.17) is 0 Å². The third-order valence-corrected chi connectivity index (χ3v) is 8.41. The molecule has 0 amide bonds. The zero-order chi connectivity index (χ0) is 13.7. The van der Waals surface area contributed by atoms with Gasteiger partial charge in [0.2, 0.25) is 0 Å². The van der Waals surface area contributed by atoms with Crippen LogP contribution in [-0.2, 0) is 12.8 Å². The fraction of sp³-hybridized carbons (Fsp3) is 0.733. The molecule has 0 radical (unpaired) electrons. The molecule has 1 aliphatic heterocycles. The van der Waals surface area contributed by atoms with E-state index in [1.54, 1.807) is 4.88 Å². The van der Waals surface area contributed by atoms with Crippen LogP contribution in [0.1, 0.15) is 30.0 Å². The first kappa shape index (κ1) is 15.7. The Labute approximate surface area is 130 Å². The van der Waals surface area contributed by atoms with Crippen molar-refractivity contribution >= 4 is 34.9 Å². The largest absolute Gasteiger partial charge is 0.315 e. The molecule has 2 rings (SSSR count). The van der Waals surface area contributed by atoms with E-state index in [1.807, 2.05) is 11.3 Å². The average molecular weight is 316 g/mol. The van der Waals surface area contributed by atoms with Crippen molar-refractivity contribution in [3.63, 3.8) is 0 Å². The predicted molar refractivity (Wildman–Crippen MR) is 93.0 cm³/mol. The second-order valence-corrected chi connectivity index (χ2v) is 8.86. The van der Waals surface area contributed by atoms with E-state index in [9.17, 15) is 0 Å². The van der Waals surface area contributed by atoms with Gasteiger partial charge in [-0.05, 0) is 38.4 Å². The first-order chi connectivity index (χ1) is 9.28. The summed E-state index contributed by atoms with van der Waals surface area (Å²) in [6, 6.07) is 5.24. The minimum absolute atomic E-state index is 0.617. The number of thiophene rings is 1. The molecule has 1 nitrogen and oxygen atoms in total. The number of hydrogen-bond donors (Lipinski definition) is 1. The highest BCUT2D eigenvalue weighted by molar-refractivity contribution is 8.07. The lowest BCUT2D eigenvalue weighted by atomic mass is 10.0. The first-order valence-corrected chi connectivity index (χ1v) is 10.2. The van der Waals surface area contributed by atoms with Gasteiger partial charge in [0.05, 0.1) is 0 Å². The van der Waals surface area contributed by atoms with Gasteiger partial charge >= 0.3 is 0 Å². The molecule has 2 heterocycles. The Morgan fingerprint density at radius 3 is 2.58 bits per heavy atom. The van der Waals surface area contributed by atoms with E-state index >= 15 is 0 Å². The summed E-state index contributed by atoms with van der Waals surface area (Å²) >= 11 is 6.35. The van der Waals surface area contributed by atoms with Crippen molar-refractivity contribution in [3.8, 4) is 0 Å². The monoisotopic (exact) mass is 315 g/mol. The van der Waals surface area contributed by atoms with Gasteiger partial charge in [-0.1, -0.05) is 13.8 Å². The molecule has 4 heteroatoms. The van der Waals surface area contributed by atoms with Crippen LogP contribution in [0.4, 0.5) is 0 Å². The molecule has 3 unspecified atom stereocenters. The summed E-state index contributed by atoms with van der Waals surface area (Å²) in [5.41, 5.74) is 0. The third kappa shape index (κ3) is 4.16. The van der Waals surface area contributed by atoms with Crippen LogP contribution in [0.3, 0.4) is 0 Å². The Morgan fingerprint density at radius 2 is 1.95 bits per heavy atom. The number of rotatable bonds is 6. The van der Waals surface area contributed by atoms with E-state index in [0.29, 0.717) is 6.04 Å². The summed E-state index contributed by atoms with van der Waals surface area (Å²) < 4.78 is 0. The molecule has 0 spiro atoms. The van der Waals surface area contributed by atoms with Crippen molar-refractivity contribution in [1.29, 1.82) is 0 Å². The summed E-state index contributed by atoms with van der Waals surface area (Å²) in [4.78, 5) is 3.06. The summed E-state index contributed by atoms with van der Waals surface area (Å²) in [7, 11) is 2.13. The normalized spacial score (nSPS) is 25.4. The van der Waals surface area contributed by atoms with E-state index in [2.05, 4.69) is 61.9 Å². The van der Waals surface area contributed by atoms with Crippen LogP contribution in [0.2, 0.25) is 0 Å². The van der Waals surface area contributed by atoms with Crippen molar-refractivity contribution in [2.24, 2.45) is 0 Å². The Hall–Kier alpha value is 0.360. The highest BCUT2D eigenvalue weighted by Crippen LogP contribution is 2.36. The summed E-state index contributed by atoms with van der Waals surface area (Å²) in [6.45, 7) is 4.58. The molecule has 0 aromatic carbocycles. The molecule has 3 atom stereocenters. The van der Waals surface area contributed by atoms with E-state index in [1.165, 1.54) is 35.6 Å². The molecule has 0 aliphatic carbocycles. The van der Waals surface area contributed by atoms with Crippen LogP contribution in [0.15, 0.2) is 12.1 Å². The lowest BCUT2D eigenvalue weighted by molar-refractivity contribution is 0.520. The summed E-state index contributed by atoms with van der Waals surface area (Å²) in [5, 5.41) is 5.17. The molecule has 0 saturated carbocycles. The highest BCUT2D eigenvalue weighted by atomic mass is 32.2. The number of nitrogens with one attached hydrogen (secondary N) is 1. The maximum absolute atomic E-state index is 3.58. The van der Waals surface area contributed by atoms with Gasteiger partial charge in [-0.2, -0.15) is 23.5 Å². The molecule has 19 heavy (non-hydrogen) atoms. The van der Waals surface area contributed by atoms with E-state index in [-0.39, 0.29) is 0 Å². The van der Waals surface area contributed by atoms with Crippen LogP contribution in [0.5, 0.6) is 0 Å². The van der Waals surface area contributed by atoms with Gasteiger partial charge in [-0.3, -0.25) is 0 Å². The third-order valence-electron chi connectivity index (χ3n) is 3.75. The van der Waals surface area contributed by atoms with Crippen molar-refractivity contribution in [1.82, 2.24) is 5.32 Å². The molecule has 1 aromatic rings. The Balaban J connectivity index is 2.01. The lowest BCUT2D eigenvalue weighted by Gasteiger charge is -2.35. The quantitative estimate of drug-likeness (QED) is 0.850. The van der Waals surface area contributed by atoms with Gasteiger partial charge in [0.25, 0.3) is 0 Å². The van der Waals surface area contributed by atoms with Gasteiger partial charge in [0.1, 0.15) is 0 Å². The SMILES string of the molecule is CCc1ccc(CC(NC)C2SCCSC2CC)s1. The molecule has 108 valence electrons. The number of aryl methyl sites for hydroxylation is 1. The second-order valence-electron chi connectivity index (χ2n) is 4.97. The Morgan fingerprint density at radius 1 is 1.21 bits per heavy atom. The smallest absolute Gasteiger partial charge is 0.0323 e. The van der Waals surface area contributed by atoms with Crippen LogP contribution >= 0.6 is 34.9 Å². The summed E-state index contributed by atoms with van der Waals surface area (Å²) in [5.74, 6) is 2.64. The predicted octanol–water partition coefficient (Wildman–Crippen LogP) is 4.07. The fourth-order valence-corrected chi connectivity index (χ4v) is 6.95. The molecule has 1 N–H and O–H groups in total. The maximum atomic E-state index is 3.58. The lowest BCUT2D eigenvalue weighted by Crippen LogP contribution is -2.44. The van der Waals surface area contributed by atoms with Crippen LogP contribution < -0.4 is 5.32 Å². The molecule has 1 saturated heterocycles. The van der Waals surface area contributed by atoms with Crippen molar-refractivity contribution in [3.05, 3.63) is 21.9 Å². The molecule has 1 aliphatic rings. The van der Waals surface area contributed by atoms with Gasteiger partial charge in [-0.25, -0.2) is 0 Å². The minimum Gasteiger partial charge on any atom is -0.315 e. The molecular formula is C15H25NS3. The number of likely N-dealkylation sites (N-methyl/N-ethyl adjacent to an activating group) is 1. The zero-order valence-electron chi connectivity index (χ0n) is 12.1. The number of hydrogen-bond acceptors (Lipinski definition) is 4. The maximum Gasteiger partial charge on any atom is 0.0323 e. The fourth-order valence-electron chi connectivity index (χ4n) is 2.63. The van der Waals surface area contributed by atoms with Gasteiger partial charge in [0.15, 0.2) is 0 Å². The van der Waals surface area contributed by atoms with E-state index in [0.717, 1.165) is 10.5 Å². The van der Waals surface area contributed by atoms with Crippen LogP contribution in [0, 0.1) is 0 Å². The highest BCUT2D eigenvalue weighted by Gasteiger charge is 2.31. The van der Waals surface area contributed by atoms with Crippen LogP contribution in [-0.4, -0.2) is 35.1 Å². The van der Waals surface area contributed by atoms with Crippen molar-refractivity contribution < 1.29 is 0 Å². The van der Waals surface area contributed by atoms with Crippen LogP contribution in [0.25, 0.3) is 0 Å². The van der Waals surface area contributed by atoms with Gasteiger partial charge < -0.3 is 5.32 Å². The van der Waals surface area contributed by atoms with E-state index < -0.39 is 0 Å². The van der Waals surface area contributed by atoms with Gasteiger partial charge in [0, 0.05) is 37.8 Å².